The van der Waals surface area contributed by atoms with Gasteiger partial charge in [0, 0.05) is 42.0 Å². The Kier molecular flexibility index (Phi) is 5.98. The molecule has 2 saturated heterocycles. The van der Waals surface area contributed by atoms with E-state index in [0.29, 0.717) is 12.5 Å². The minimum Gasteiger partial charge on any atom is -0.368 e. The molecular weight excluding hydrogens is 372 g/mol. The van der Waals surface area contributed by atoms with Crippen LogP contribution in [0.1, 0.15) is 54.1 Å². The van der Waals surface area contributed by atoms with Crippen LogP contribution in [0.3, 0.4) is 0 Å². The number of hydrogen-bond donors (Lipinski definition) is 0. The Morgan fingerprint density at radius 3 is 2.71 bits per heavy atom. The largest absolute Gasteiger partial charge is 0.368 e. The third-order valence-electron chi connectivity index (χ3n) is 5.82. The van der Waals surface area contributed by atoms with E-state index in [2.05, 4.69) is 25.1 Å². The summed E-state index contributed by atoms with van der Waals surface area (Å²) in [5, 5.41) is 0.805. The van der Waals surface area contributed by atoms with E-state index in [1.807, 2.05) is 23.1 Å². The van der Waals surface area contributed by atoms with Crippen LogP contribution in [0.5, 0.6) is 0 Å². The maximum atomic E-state index is 12.6. The Morgan fingerprint density at radius 1 is 1.21 bits per heavy atom. The van der Waals surface area contributed by atoms with Crippen molar-refractivity contribution < 1.29 is 9.53 Å². The summed E-state index contributed by atoms with van der Waals surface area (Å²) in [6.45, 7) is 4.35. The van der Waals surface area contributed by atoms with Crippen molar-refractivity contribution in [3.8, 4) is 0 Å². The first-order valence-corrected chi connectivity index (χ1v) is 10.6. The predicted octanol–water partition coefficient (Wildman–Crippen LogP) is 4.52. The van der Waals surface area contributed by atoms with E-state index in [9.17, 15) is 4.79 Å². The highest BCUT2D eigenvalue weighted by atomic mass is 35.5. The van der Waals surface area contributed by atoms with E-state index in [4.69, 9.17) is 21.3 Å². The van der Waals surface area contributed by atoms with Gasteiger partial charge in [-0.3, -0.25) is 9.78 Å². The molecule has 0 radical (unpaired) electrons. The minimum atomic E-state index is -0.212. The lowest BCUT2D eigenvalue weighted by Crippen LogP contribution is -2.43. The van der Waals surface area contributed by atoms with Crippen molar-refractivity contribution in [3.05, 3.63) is 63.9 Å². The first kappa shape index (κ1) is 19.4. The van der Waals surface area contributed by atoms with Gasteiger partial charge in [0.05, 0.1) is 0 Å². The van der Waals surface area contributed by atoms with Gasteiger partial charge in [0.15, 0.2) is 0 Å². The minimum absolute atomic E-state index is 0.174. The van der Waals surface area contributed by atoms with Crippen molar-refractivity contribution in [1.82, 2.24) is 9.88 Å². The number of pyridine rings is 1. The predicted molar refractivity (Wildman–Crippen MR) is 111 cm³/mol. The van der Waals surface area contributed by atoms with E-state index in [1.165, 1.54) is 5.56 Å². The summed E-state index contributed by atoms with van der Waals surface area (Å²) in [5.41, 5.74) is 4.56. The zero-order valence-corrected chi connectivity index (χ0v) is 17.1. The first-order chi connectivity index (χ1) is 13.6. The number of likely N-dealkylation sites (tertiary alicyclic amines) is 1. The quantitative estimate of drug-likeness (QED) is 0.760. The van der Waals surface area contributed by atoms with Gasteiger partial charge in [-0.2, -0.15) is 0 Å². The van der Waals surface area contributed by atoms with Crippen molar-refractivity contribution in [2.24, 2.45) is 0 Å². The number of aryl methyl sites for hydroxylation is 1. The van der Waals surface area contributed by atoms with Crippen LogP contribution in [-0.2, 0) is 16.0 Å². The Balaban J connectivity index is 1.43. The second kappa shape index (κ2) is 8.62. The first-order valence-electron chi connectivity index (χ1n) is 10.2. The lowest BCUT2D eigenvalue weighted by Gasteiger charge is -2.33. The number of ether oxygens (including phenoxy) is 1. The molecule has 5 heteroatoms. The Bertz CT molecular complexity index is 840. The standard InChI is InChI=1S/C23H27ClN2O2/c1-16-13-17(14-19-5-2-3-6-20(19)24)15-21(25-16)18-8-10-26(11-9-18)23(27)22-7-4-12-28-22/h2-3,5-6,13,15,18,22H,4,7-12,14H2,1H3/t22-/m0/s1. The van der Waals surface area contributed by atoms with Crippen LogP contribution < -0.4 is 0 Å². The SMILES string of the molecule is Cc1cc(Cc2ccccc2Cl)cc(C2CCN(C(=O)[C@@H]3CCCO3)CC2)n1. The highest BCUT2D eigenvalue weighted by Gasteiger charge is 2.31. The second-order valence-electron chi connectivity index (χ2n) is 7.91. The molecule has 1 atom stereocenters. The monoisotopic (exact) mass is 398 g/mol. The molecule has 0 unspecified atom stereocenters. The molecule has 2 aromatic rings. The van der Waals surface area contributed by atoms with Crippen LogP contribution in [0.2, 0.25) is 5.02 Å². The summed E-state index contributed by atoms with van der Waals surface area (Å²) in [7, 11) is 0. The van der Waals surface area contributed by atoms with E-state index in [-0.39, 0.29) is 12.0 Å². The van der Waals surface area contributed by atoms with Gasteiger partial charge < -0.3 is 9.64 Å². The molecule has 0 saturated carbocycles. The molecule has 1 aromatic carbocycles. The molecule has 0 aliphatic carbocycles. The zero-order chi connectivity index (χ0) is 19.5. The lowest BCUT2D eigenvalue weighted by atomic mass is 9.91. The smallest absolute Gasteiger partial charge is 0.251 e. The maximum Gasteiger partial charge on any atom is 0.251 e. The van der Waals surface area contributed by atoms with Gasteiger partial charge in [0.2, 0.25) is 0 Å². The number of aromatic nitrogens is 1. The zero-order valence-electron chi connectivity index (χ0n) is 16.4. The number of hydrogen-bond acceptors (Lipinski definition) is 3. The maximum absolute atomic E-state index is 12.6. The highest BCUT2D eigenvalue weighted by molar-refractivity contribution is 6.31. The molecule has 4 rings (SSSR count). The summed E-state index contributed by atoms with van der Waals surface area (Å²) in [6.07, 6.45) is 4.38. The van der Waals surface area contributed by atoms with Crippen molar-refractivity contribution in [2.45, 2.75) is 51.0 Å². The molecule has 28 heavy (non-hydrogen) atoms. The Hall–Kier alpha value is -1.91. The number of nitrogens with zero attached hydrogens (tertiary/aromatic N) is 2. The summed E-state index contributed by atoms with van der Waals surface area (Å²) >= 11 is 6.34. The van der Waals surface area contributed by atoms with Crippen LogP contribution >= 0.6 is 11.6 Å². The Morgan fingerprint density at radius 2 is 2.00 bits per heavy atom. The van der Waals surface area contributed by atoms with E-state index in [1.54, 1.807) is 0 Å². The molecule has 1 amide bonds. The van der Waals surface area contributed by atoms with Crippen LogP contribution in [0.25, 0.3) is 0 Å². The van der Waals surface area contributed by atoms with Gasteiger partial charge >= 0.3 is 0 Å². The van der Waals surface area contributed by atoms with Crippen LogP contribution in [0.4, 0.5) is 0 Å². The van der Waals surface area contributed by atoms with Gasteiger partial charge in [-0.05, 0) is 68.4 Å². The molecule has 3 heterocycles. The topological polar surface area (TPSA) is 42.4 Å². The molecule has 0 N–H and O–H groups in total. The van der Waals surface area contributed by atoms with E-state index >= 15 is 0 Å². The molecule has 2 aliphatic heterocycles. The lowest BCUT2D eigenvalue weighted by molar-refractivity contribution is -0.142. The van der Waals surface area contributed by atoms with E-state index < -0.39 is 0 Å². The number of carbonyl (C=O) groups excluding carboxylic acids is 1. The molecule has 0 bridgehead atoms. The fourth-order valence-electron chi connectivity index (χ4n) is 4.31. The molecule has 0 spiro atoms. The number of rotatable bonds is 4. The van der Waals surface area contributed by atoms with Crippen molar-refractivity contribution in [1.29, 1.82) is 0 Å². The number of benzene rings is 1. The van der Waals surface area contributed by atoms with Gasteiger partial charge in [0.25, 0.3) is 5.91 Å². The van der Waals surface area contributed by atoms with Crippen molar-refractivity contribution in [2.75, 3.05) is 19.7 Å². The van der Waals surface area contributed by atoms with Gasteiger partial charge in [0.1, 0.15) is 6.10 Å². The van der Waals surface area contributed by atoms with Crippen LogP contribution in [-0.4, -0.2) is 41.6 Å². The van der Waals surface area contributed by atoms with Gasteiger partial charge in [-0.1, -0.05) is 29.8 Å². The van der Waals surface area contributed by atoms with Crippen LogP contribution in [0, 0.1) is 6.92 Å². The van der Waals surface area contributed by atoms with Crippen LogP contribution in [0.15, 0.2) is 36.4 Å². The third kappa shape index (κ3) is 4.39. The molecule has 1 aromatic heterocycles. The number of piperidine rings is 1. The molecule has 148 valence electrons. The van der Waals surface area contributed by atoms with Crippen molar-refractivity contribution >= 4 is 17.5 Å². The summed E-state index contributed by atoms with van der Waals surface area (Å²) in [5.74, 6) is 0.575. The highest BCUT2D eigenvalue weighted by Crippen LogP contribution is 2.30. The molecule has 2 fully saturated rings. The summed E-state index contributed by atoms with van der Waals surface area (Å²) in [6, 6.07) is 12.4. The van der Waals surface area contributed by atoms with Gasteiger partial charge in [-0.25, -0.2) is 0 Å². The van der Waals surface area contributed by atoms with Crippen molar-refractivity contribution in [3.63, 3.8) is 0 Å². The molecule has 2 aliphatic rings. The fourth-order valence-corrected chi connectivity index (χ4v) is 4.52. The summed E-state index contributed by atoms with van der Waals surface area (Å²) in [4.78, 5) is 19.3. The average Bonchev–Trinajstić information content (AvgIpc) is 3.24. The summed E-state index contributed by atoms with van der Waals surface area (Å²) < 4.78 is 5.56. The number of amides is 1. The number of carbonyl (C=O) groups is 1. The number of halogens is 1. The molecular formula is C23H27ClN2O2. The van der Waals surface area contributed by atoms with E-state index in [0.717, 1.165) is 67.2 Å². The second-order valence-corrected chi connectivity index (χ2v) is 8.32. The normalized spacial score (nSPS) is 20.5. The molecule has 4 nitrogen and oxygen atoms in total. The Labute approximate surface area is 171 Å². The fraction of sp³-hybridized carbons (Fsp3) is 0.478. The average molecular weight is 399 g/mol. The third-order valence-corrected chi connectivity index (χ3v) is 6.18. The van der Waals surface area contributed by atoms with Gasteiger partial charge in [-0.15, -0.1) is 0 Å².